The zero-order valence-corrected chi connectivity index (χ0v) is 11.9. The molecule has 1 unspecified atom stereocenters. The van der Waals surface area contributed by atoms with Crippen LogP contribution in [0.4, 0.5) is 0 Å². The molecule has 0 spiro atoms. The van der Waals surface area contributed by atoms with Gasteiger partial charge < -0.3 is 5.32 Å². The Hall–Kier alpha value is -1.33. The lowest BCUT2D eigenvalue weighted by Gasteiger charge is -2.35. The minimum absolute atomic E-state index is 0.171. The molecule has 1 aliphatic rings. The molecule has 0 amide bonds. The first kappa shape index (κ1) is 14.1. The highest BCUT2D eigenvalue weighted by molar-refractivity contribution is 5.20. The van der Waals surface area contributed by atoms with Gasteiger partial charge in [-0.3, -0.25) is 0 Å². The third-order valence-corrected chi connectivity index (χ3v) is 4.33. The van der Waals surface area contributed by atoms with E-state index in [1.54, 1.807) is 0 Å². The van der Waals surface area contributed by atoms with E-state index >= 15 is 0 Å². The quantitative estimate of drug-likeness (QED) is 0.857. The molecule has 1 aliphatic carbocycles. The fourth-order valence-corrected chi connectivity index (χ4v) is 3.04. The summed E-state index contributed by atoms with van der Waals surface area (Å²) >= 11 is 0. The van der Waals surface area contributed by atoms with Crippen LogP contribution in [0.3, 0.4) is 0 Å². The second kappa shape index (κ2) is 6.73. The van der Waals surface area contributed by atoms with Crippen molar-refractivity contribution in [2.45, 2.75) is 51.5 Å². The lowest BCUT2D eigenvalue weighted by Crippen LogP contribution is -2.35. The standard InChI is InChI=1S/C17H24N2/c1-17(11-6-3-7-12-17)14-19-16(10-13-18)15-8-4-2-5-9-15/h2,4-5,8-9,16,19H,3,6-7,10-12,14H2,1H3. The van der Waals surface area contributed by atoms with E-state index in [1.165, 1.54) is 37.7 Å². The maximum absolute atomic E-state index is 9.01. The van der Waals surface area contributed by atoms with Crippen molar-refractivity contribution in [2.75, 3.05) is 6.54 Å². The van der Waals surface area contributed by atoms with Crippen LogP contribution in [0.5, 0.6) is 0 Å². The predicted molar refractivity (Wildman–Crippen MR) is 78.6 cm³/mol. The first-order valence-corrected chi connectivity index (χ1v) is 7.39. The maximum atomic E-state index is 9.01. The molecule has 0 radical (unpaired) electrons. The van der Waals surface area contributed by atoms with E-state index in [-0.39, 0.29) is 6.04 Å². The molecule has 2 heteroatoms. The number of benzene rings is 1. The highest BCUT2D eigenvalue weighted by Gasteiger charge is 2.27. The lowest BCUT2D eigenvalue weighted by atomic mass is 9.75. The summed E-state index contributed by atoms with van der Waals surface area (Å²) in [5.74, 6) is 0. The molecule has 1 N–H and O–H groups in total. The Morgan fingerprint density at radius 2 is 1.89 bits per heavy atom. The highest BCUT2D eigenvalue weighted by Crippen LogP contribution is 2.35. The van der Waals surface area contributed by atoms with Crippen LogP contribution in [-0.4, -0.2) is 6.54 Å². The Balaban J connectivity index is 1.96. The van der Waals surface area contributed by atoms with Gasteiger partial charge in [0, 0.05) is 12.6 Å². The molecule has 1 saturated carbocycles. The van der Waals surface area contributed by atoms with Crippen LogP contribution in [0, 0.1) is 16.7 Å². The van der Waals surface area contributed by atoms with Crippen molar-refractivity contribution < 1.29 is 0 Å². The maximum Gasteiger partial charge on any atom is 0.0641 e. The van der Waals surface area contributed by atoms with E-state index in [4.69, 9.17) is 5.26 Å². The average molecular weight is 256 g/mol. The van der Waals surface area contributed by atoms with Crippen LogP contribution in [0.2, 0.25) is 0 Å². The minimum atomic E-state index is 0.171. The van der Waals surface area contributed by atoms with Gasteiger partial charge in [0.15, 0.2) is 0 Å². The molecular formula is C17H24N2. The Bertz CT molecular complexity index is 413. The Morgan fingerprint density at radius 3 is 2.53 bits per heavy atom. The smallest absolute Gasteiger partial charge is 0.0641 e. The van der Waals surface area contributed by atoms with Gasteiger partial charge in [-0.2, -0.15) is 5.26 Å². The van der Waals surface area contributed by atoms with E-state index in [9.17, 15) is 0 Å². The van der Waals surface area contributed by atoms with Gasteiger partial charge in [-0.15, -0.1) is 0 Å². The summed E-state index contributed by atoms with van der Waals surface area (Å²) in [5, 5.41) is 12.6. The molecule has 2 rings (SSSR count). The van der Waals surface area contributed by atoms with Gasteiger partial charge >= 0.3 is 0 Å². The van der Waals surface area contributed by atoms with Crippen LogP contribution in [-0.2, 0) is 0 Å². The van der Waals surface area contributed by atoms with E-state index in [0.717, 1.165) is 6.54 Å². The molecule has 19 heavy (non-hydrogen) atoms. The molecule has 1 aromatic carbocycles. The Morgan fingerprint density at radius 1 is 1.21 bits per heavy atom. The number of rotatable bonds is 5. The van der Waals surface area contributed by atoms with Crippen molar-refractivity contribution in [3.8, 4) is 6.07 Å². The Labute approximate surface area is 116 Å². The van der Waals surface area contributed by atoms with Crippen molar-refractivity contribution in [2.24, 2.45) is 5.41 Å². The molecule has 102 valence electrons. The summed E-state index contributed by atoms with van der Waals surface area (Å²) in [6, 6.07) is 12.8. The molecule has 0 heterocycles. The zero-order valence-electron chi connectivity index (χ0n) is 11.9. The number of hydrogen-bond acceptors (Lipinski definition) is 2. The molecule has 0 aliphatic heterocycles. The largest absolute Gasteiger partial charge is 0.309 e. The number of nitrogens with one attached hydrogen (secondary N) is 1. The number of hydrogen-bond donors (Lipinski definition) is 1. The molecule has 1 atom stereocenters. The minimum Gasteiger partial charge on any atom is -0.309 e. The van der Waals surface area contributed by atoms with Crippen molar-refractivity contribution in [3.05, 3.63) is 35.9 Å². The summed E-state index contributed by atoms with van der Waals surface area (Å²) in [4.78, 5) is 0. The molecule has 0 bridgehead atoms. The third-order valence-electron chi connectivity index (χ3n) is 4.33. The van der Waals surface area contributed by atoms with Gasteiger partial charge in [-0.1, -0.05) is 56.5 Å². The molecule has 0 aromatic heterocycles. The van der Waals surface area contributed by atoms with Crippen molar-refractivity contribution in [1.82, 2.24) is 5.32 Å². The zero-order chi connectivity index (χ0) is 13.6. The second-order valence-electron chi connectivity index (χ2n) is 6.08. The SMILES string of the molecule is CC1(CNC(CC#N)c2ccccc2)CCCCC1. The molecule has 1 fully saturated rings. The fourth-order valence-electron chi connectivity index (χ4n) is 3.04. The molecular weight excluding hydrogens is 232 g/mol. The van der Waals surface area contributed by atoms with Crippen LogP contribution in [0.15, 0.2) is 30.3 Å². The van der Waals surface area contributed by atoms with Crippen LogP contribution in [0.1, 0.15) is 57.1 Å². The summed E-state index contributed by atoms with van der Waals surface area (Å²) in [6.07, 6.45) is 7.26. The first-order chi connectivity index (χ1) is 9.23. The average Bonchev–Trinajstić information content (AvgIpc) is 2.45. The van der Waals surface area contributed by atoms with Crippen LogP contribution >= 0.6 is 0 Å². The number of nitriles is 1. The summed E-state index contributed by atoms with van der Waals surface area (Å²) in [6.45, 7) is 3.40. The summed E-state index contributed by atoms with van der Waals surface area (Å²) < 4.78 is 0. The highest BCUT2D eigenvalue weighted by atomic mass is 14.9. The molecule has 1 aromatic rings. The monoisotopic (exact) mass is 256 g/mol. The van der Waals surface area contributed by atoms with Gasteiger partial charge in [-0.05, 0) is 23.8 Å². The summed E-state index contributed by atoms with van der Waals surface area (Å²) in [7, 11) is 0. The van der Waals surface area contributed by atoms with E-state index < -0.39 is 0 Å². The molecule has 2 nitrogen and oxygen atoms in total. The fraction of sp³-hybridized carbons (Fsp3) is 0.588. The molecule has 0 saturated heterocycles. The van der Waals surface area contributed by atoms with Crippen molar-refractivity contribution >= 4 is 0 Å². The lowest BCUT2D eigenvalue weighted by molar-refractivity contribution is 0.200. The summed E-state index contributed by atoms with van der Waals surface area (Å²) in [5.41, 5.74) is 1.64. The van der Waals surface area contributed by atoms with Crippen molar-refractivity contribution in [1.29, 1.82) is 5.26 Å². The van der Waals surface area contributed by atoms with Gasteiger partial charge in [0.2, 0.25) is 0 Å². The van der Waals surface area contributed by atoms with Crippen LogP contribution in [0.25, 0.3) is 0 Å². The predicted octanol–water partition coefficient (Wildman–Crippen LogP) is 4.20. The first-order valence-electron chi connectivity index (χ1n) is 7.39. The van der Waals surface area contributed by atoms with Gasteiger partial charge in [0.25, 0.3) is 0 Å². The van der Waals surface area contributed by atoms with Gasteiger partial charge in [0.1, 0.15) is 0 Å². The third kappa shape index (κ3) is 4.08. The normalized spacial score (nSPS) is 19.6. The van der Waals surface area contributed by atoms with E-state index in [2.05, 4.69) is 30.4 Å². The van der Waals surface area contributed by atoms with Gasteiger partial charge in [-0.25, -0.2) is 0 Å². The van der Waals surface area contributed by atoms with E-state index in [1.807, 2.05) is 18.2 Å². The number of nitrogens with zero attached hydrogens (tertiary/aromatic N) is 1. The topological polar surface area (TPSA) is 35.8 Å². The van der Waals surface area contributed by atoms with Crippen molar-refractivity contribution in [3.63, 3.8) is 0 Å². The van der Waals surface area contributed by atoms with Gasteiger partial charge in [0.05, 0.1) is 12.5 Å². The second-order valence-corrected chi connectivity index (χ2v) is 6.08. The van der Waals surface area contributed by atoms with E-state index in [0.29, 0.717) is 11.8 Å². The van der Waals surface area contributed by atoms with Crippen LogP contribution < -0.4 is 5.32 Å². The Kier molecular flexibility index (Phi) is 4.99.